The number of aromatic nitrogens is 3. The lowest BCUT2D eigenvalue weighted by Gasteiger charge is -2.22. The van der Waals surface area contributed by atoms with Crippen molar-refractivity contribution < 1.29 is 19.4 Å². The van der Waals surface area contributed by atoms with E-state index in [9.17, 15) is 14.7 Å². The van der Waals surface area contributed by atoms with Crippen molar-refractivity contribution in [2.75, 3.05) is 12.0 Å². The molecule has 1 amide bonds. The monoisotopic (exact) mass is 496 g/mol. The van der Waals surface area contributed by atoms with Crippen LogP contribution in [0.15, 0.2) is 78.5 Å². The number of anilines is 1. The molecule has 6 rings (SSSR count). The first-order valence-electron chi connectivity index (χ1n) is 11.2. The molecule has 0 bridgehead atoms. The van der Waals surface area contributed by atoms with Crippen molar-refractivity contribution in [2.24, 2.45) is 0 Å². The summed E-state index contributed by atoms with van der Waals surface area (Å²) in [5.74, 6) is -1.13. The number of rotatable bonds is 4. The molecule has 1 aliphatic heterocycles. The molecule has 3 aromatic heterocycles. The summed E-state index contributed by atoms with van der Waals surface area (Å²) in [6.07, 6.45) is 1.76. The Morgan fingerprint density at radius 3 is 2.58 bits per heavy atom. The highest BCUT2D eigenvalue weighted by molar-refractivity contribution is 7.22. The van der Waals surface area contributed by atoms with Crippen LogP contribution in [-0.4, -0.2) is 38.3 Å². The number of methoxy groups -OCH3 is 1. The highest BCUT2D eigenvalue weighted by Crippen LogP contribution is 2.44. The second-order valence-electron chi connectivity index (χ2n) is 8.38. The lowest BCUT2D eigenvalue weighted by molar-refractivity contribution is -0.132. The van der Waals surface area contributed by atoms with Crippen molar-refractivity contribution in [3.63, 3.8) is 0 Å². The molecule has 1 fully saturated rings. The average molecular weight is 497 g/mol. The van der Waals surface area contributed by atoms with E-state index in [2.05, 4.69) is 9.97 Å². The number of hydrogen-bond donors (Lipinski definition) is 1. The van der Waals surface area contributed by atoms with Crippen LogP contribution in [0.2, 0.25) is 0 Å². The van der Waals surface area contributed by atoms with Crippen LogP contribution >= 0.6 is 11.3 Å². The zero-order valence-corrected chi connectivity index (χ0v) is 20.2. The second-order valence-corrected chi connectivity index (χ2v) is 9.39. The van der Waals surface area contributed by atoms with Crippen molar-refractivity contribution >= 4 is 49.8 Å². The Labute approximate surface area is 209 Å². The van der Waals surface area contributed by atoms with Gasteiger partial charge in [-0.25, -0.2) is 9.97 Å². The number of ether oxygens (including phenoxy) is 1. The molecule has 5 aromatic rings. The van der Waals surface area contributed by atoms with Gasteiger partial charge in [0.2, 0.25) is 0 Å². The van der Waals surface area contributed by atoms with E-state index in [-0.39, 0.29) is 11.3 Å². The van der Waals surface area contributed by atoms with Crippen LogP contribution in [0.3, 0.4) is 0 Å². The molecule has 4 heterocycles. The van der Waals surface area contributed by atoms with Gasteiger partial charge in [-0.15, -0.1) is 0 Å². The van der Waals surface area contributed by atoms with Gasteiger partial charge in [-0.3, -0.25) is 18.9 Å². The van der Waals surface area contributed by atoms with Crippen LogP contribution in [0, 0.1) is 6.92 Å². The van der Waals surface area contributed by atoms with Crippen LogP contribution in [0.5, 0.6) is 5.75 Å². The molecular weight excluding hydrogens is 476 g/mol. The number of amides is 1. The second kappa shape index (κ2) is 8.31. The van der Waals surface area contributed by atoms with Crippen molar-refractivity contribution in [2.45, 2.75) is 13.0 Å². The Morgan fingerprint density at radius 1 is 1.03 bits per heavy atom. The van der Waals surface area contributed by atoms with E-state index in [1.807, 2.05) is 60.7 Å². The third kappa shape index (κ3) is 3.28. The van der Waals surface area contributed by atoms with E-state index < -0.39 is 17.7 Å². The van der Waals surface area contributed by atoms with E-state index >= 15 is 0 Å². The van der Waals surface area contributed by atoms with Gasteiger partial charge < -0.3 is 9.84 Å². The van der Waals surface area contributed by atoms with Gasteiger partial charge in [0.1, 0.15) is 17.1 Å². The van der Waals surface area contributed by atoms with Gasteiger partial charge in [0.15, 0.2) is 10.9 Å². The number of aliphatic hydroxyl groups excluding tert-OH is 1. The summed E-state index contributed by atoms with van der Waals surface area (Å²) >= 11 is 1.29. The number of ketones is 1. The van der Waals surface area contributed by atoms with Crippen molar-refractivity contribution in [3.05, 3.63) is 95.5 Å². The van der Waals surface area contributed by atoms with Gasteiger partial charge in [-0.05, 0) is 42.8 Å². The first kappa shape index (κ1) is 22.0. The predicted octanol–water partition coefficient (Wildman–Crippen LogP) is 4.89. The normalized spacial score (nSPS) is 17.4. The minimum atomic E-state index is -0.859. The quantitative estimate of drug-likeness (QED) is 0.216. The summed E-state index contributed by atoms with van der Waals surface area (Å²) < 4.78 is 7.85. The van der Waals surface area contributed by atoms with Crippen LogP contribution in [0.4, 0.5) is 5.13 Å². The standard InChI is InChI=1S/C27H20N4O4S/c1-15-22(30-13-7-6-10-20(30)28-15)24(32)21-23(16-8-4-3-5-9-16)31(26(34)25(21)33)27-29-18-12-11-17(35-2)14-19(18)36-27/h3-14,23,32H,1-2H3. The van der Waals surface area contributed by atoms with E-state index in [4.69, 9.17) is 4.74 Å². The molecule has 8 nitrogen and oxygen atoms in total. The lowest BCUT2D eigenvalue weighted by Crippen LogP contribution is -2.29. The topological polar surface area (TPSA) is 97.0 Å². The number of fused-ring (bicyclic) bond motifs is 2. The third-order valence-electron chi connectivity index (χ3n) is 6.28. The van der Waals surface area contributed by atoms with E-state index in [0.717, 1.165) is 4.70 Å². The van der Waals surface area contributed by atoms with Gasteiger partial charge in [0.05, 0.1) is 34.6 Å². The molecule has 36 heavy (non-hydrogen) atoms. The maximum atomic E-state index is 13.5. The molecule has 9 heteroatoms. The first-order chi connectivity index (χ1) is 17.5. The molecule has 0 aliphatic carbocycles. The van der Waals surface area contributed by atoms with Gasteiger partial charge in [0, 0.05) is 6.20 Å². The highest BCUT2D eigenvalue weighted by Gasteiger charge is 2.48. The van der Waals surface area contributed by atoms with Crippen LogP contribution in [0.25, 0.3) is 21.6 Å². The van der Waals surface area contributed by atoms with Gasteiger partial charge in [-0.2, -0.15) is 0 Å². The molecule has 1 atom stereocenters. The summed E-state index contributed by atoms with van der Waals surface area (Å²) in [4.78, 5) is 37.5. The molecule has 0 spiro atoms. The van der Waals surface area contributed by atoms with Gasteiger partial charge in [-0.1, -0.05) is 47.7 Å². The number of benzene rings is 2. The number of carbonyl (C=O) groups is 2. The van der Waals surface area contributed by atoms with E-state index in [0.29, 0.717) is 39.0 Å². The van der Waals surface area contributed by atoms with Gasteiger partial charge >= 0.3 is 5.91 Å². The van der Waals surface area contributed by atoms with Crippen molar-refractivity contribution in [3.8, 4) is 5.75 Å². The molecule has 0 radical (unpaired) electrons. The summed E-state index contributed by atoms with van der Waals surface area (Å²) in [5, 5.41) is 11.9. The number of aliphatic hydroxyl groups is 1. The maximum absolute atomic E-state index is 13.5. The van der Waals surface area contributed by atoms with Crippen molar-refractivity contribution in [1.29, 1.82) is 0 Å². The number of pyridine rings is 1. The number of thiazole rings is 1. The Balaban J connectivity index is 1.59. The Kier molecular flexibility index (Phi) is 5.08. The smallest absolute Gasteiger partial charge is 0.301 e. The lowest BCUT2D eigenvalue weighted by atomic mass is 9.96. The molecule has 1 unspecified atom stereocenters. The van der Waals surface area contributed by atoms with Crippen LogP contribution < -0.4 is 9.64 Å². The Hall–Kier alpha value is -4.50. The number of Topliss-reactive ketones (excluding diaryl/α,β-unsaturated/α-hetero) is 1. The van der Waals surface area contributed by atoms with E-state index in [1.54, 1.807) is 30.7 Å². The zero-order chi connectivity index (χ0) is 25.0. The molecule has 1 saturated heterocycles. The fraction of sp³-hybridized carbons (Fsp3) is 0.111. The Bertz CT molecular complexity index is 1700. The number of hydrogen-bond acceptors (Lipinski definition) is 7. The van der Waals surface area contributed by atoms with E-state index in [1.165, 1.54) is 16.2 Å². The zero-order valence-electron chi connectivity index (χ0n) is 19.4. The largest absolute Gasteiger partial charge is 0.505 e. The van der Waals surface area contributed by atoms with Crippen LogP contribution in [-0.2, 0) is 9.59 Å². The maximum Gasteiger partial charge on any atom is 0.301 e. The Morgan fingerprint density at radius 2 is 1.81 bits per heavy atom. The van der Waals surface area contributed by atoms with Crippen molar-refractivity contribution in [1.82, 2.24) is 14.4 Å². The SMILES string of the molecule is COc1ccc2nc(N3C(=O)C(=O)C(=C(O)c4c(C)nc5ccccn45)C3c3ccccc3)sc2c1. The number of nitrogens with zero attached hydrogens (tertiary/aromatic N) is 4. The number of carbonyl (C=O) groups excluding carboxylic acids is 2. The molecule has 1 aliphatic rings. The summed E-state index contributed by atoms with van der Waals surface area (Å²) in [6, 6.07) is 19.2. The molecule has 1 N–H and O–H groups in total. The van der Waals surface area contributed by atoms with Crippen LogP contribution in [0.1, 0.15) is 23.0 Å². The average Bonchev–Trinajstić information content (AvgIpc) is 3.54. The molecule has 2 aromatic carbocycles. The summed E-state index contributed by atoms with van der Waals surface area (Å²) in [6.45, 7) is 1.76. The molecule has 178 valence electrons. The fourth-order valence-electron chi connectivity index (χ4n) is 4.63. The first-order valence-corrected chi connectivity index (χ1v) is 12.0. The van der Waals surface area contributed by atoms with Gasteiger partial charge in [0.25, 0.3) is 5.78 Å². The fourth-order valence-corrected chi connectivity index (χ4v) is 5.65. The summed E-state index contributed by atoms with van der Waals surface area (Å²) in [7, 11) is 1.58. The minimum absolute atomic E-state index is 0.00297. The number of aryl methyl sites for hydroxylation is 1. The molecule has 0 saturated carbocycles. The third-order valence-corrected chi connectivity index (χ3v) is 7.30. The highest BCUT2D eigenvalue weighted by atomic mass is 32.1. The number of imidazole rings is 1. The predicted molar refractivity (Wildman–Crippen MR) is 137 cm³/mol. The summed E-state index contributed by atoms with van der Waals surface area (Å²) in [5.41, 5.74) is 2.91. The molecular formula is C27H20N4O4S. The minimum Gasteiger partial charge on any atom is -0.505 e.